The minimum Gasteiger partial charge on any atom is -0.322 e. The molecule has 31 heavy (non-hydrogen) atoms. The Morgan fingerprint density at radius 2 is 1.52 bits per heavy atom. The van der Waals surface area contributed by atoms with Crippen LogP contribution < -0.4 is 10.6 Å². The minimum atomic E-state index is -0.202. The van der Waals surface area contributed by atoms with E-state index in [0.717, 1.165) is 79.0 Å². The van der Waals surface area contributed by atoms with Crippen LogP contribution in [0.3, 0.4) is 0 Å². The fourth-order valence-corrected chi connectivity index (χ4v) is 8.52. The van der Waals surface area contributed by atoms with Crippen LogP contribution in [0, 0.1) is 23.2 Å². The van der Waals surface area contributed by atoms with Gasteiger partial charge in [0.25, 0.3) is 5.91 Å². The maximum absolute atomic E-state index is 13.7. The highest BCUT2D eigenvalue weighted by Crippen LogP contribution is 2.60. The molecule has 5 heteroatoms. The van der Waals surface area contributed by atoms with E-state index in [1.807, 2.05) is 30.3 Å². The predicted molar refractivity (Wildman–Crippen MR) is 125 cm³/mol. The standard InChI is InChI=1S/C26H30N2O2S/c29-23(27-19-6-2-1-3-7-19)22-20-8-4-5-9-21(20)31-24(22)28-25(30)26-13-16-10-17(14-26)12-18(11-16)15-26/h1-3,6-7,16-18H,4-5,8-15H2,(H,27,29)(H,28,30). The number of fused-ring (bicyclic) bond motifs is 1. The van der Waals surface area contributed by atoms with Gasteiger partial charge >= 0.3 is 0 Å². The van der Waals surface area contributed by atoms with E-state index in [1.54, 1.807) is 11.3 Å². The van der Waals surface area contributed by atoms with Crippen LogP contribution in [0.15, 0.2) is 30.3 Å². The van der Waals surface area contributed by atoms with E-state index in [4.69, 9.17) is 0 Å². The highest BCUT2D eigenvalue weighted by atomic mass is 32.1. The molecule has 1 heterocycles. The van der Waals surface area contributed by atoms with Gasteiger partial charge in [-0.1, -0.05) is 18.2 Å². The molecule has 2 aromatic rings. The summed E-state index contributed by atoms with van der Waals surface area (Å²) in [6.45, 7) is 0. The summed E-state index contributed by atoms with van der Waals surface area (Å²) in [5.74, 6) is 2.28. The van der Waals surface area contributed by atoms with Crippen molar-refractivity contribution in [2.24, 2.45) is 23.2 Å². The Morgan fingerprint density at radius 1 is 0.871 bits per heavy atom. The first-order chi connectivity index (χ1) is 15.1. The lowest BCUT2D eigenvalue weighted by Crippen LogP contribution is -2.51. The Hall–Kier alpha value is -2.14. The van der Waals surface area contributed by atoms with Gasteiger partial charge in [0, 0.05) is 10.6 Å². The zero-order valence-electron chi connectivity index (χ0n) is 17.9. The molecule has 7 rings (SSSR count). The van der Waals surface area contributed by atoms with E-state index in [1.165, 1.54) is 24.1 Å². The van der Waals surface area contributed by atoms with Gasteiger partial charge in [0.1, 0.15) is 5.00 Å². The Morgan fingerprint density at radius 3 is 2.19 bits per heavy atom. The maximum atomic E-state index is 13.7. The van der Waals surface area contributed by atoms with Crippen LogP contribution in [0.4, 0.5) is 10.7 Å². The van der Waals surface area contributed by atoms with Crippen LogP contribution in [-0.4, -0.2) is 11.8 Å². The molecular formula is C26H30N2O2S. The largest absolute Gasteiger partial charge is 0.322 e. The van der Waals surface area contributed by atoms with Gasteiger partial charge in [-0.15, -0.1) is 11.3 Å². The van der Waals surface area contributed by atoms with Crippen molar-refractivity contribution in [3.05, 3.63) is 46.3 Å². The quantitative estimate of drug-likeness (QED) is 0.617. The summed E-state index contributed by atoms with van der Waals surface area (Å²) in [6.07, 6.45) is 11.3. The van der Waals surface area contributed by atoms with Gasteiger partial charge in [-0.05, 0) is 99.7 Å². The van der Waals surface area contributed by atoms with Crippen molar-refractivity contribution in [2.75, 3.05) is 10.6 Å². The molecule has 1 aromatic carbocycles. The van der Waals surface area contributed by atoms with Gasteiger partial charge in [0.15, 0.2) is 0 Å². The van der Waals surface area contributed by atoms with E-state index < -0.39 is 0 Å². The summed E-state index contributed by atoms with van der Waals surface area (Å²) in [4.78, 5) is 28.3. The lowest BCUT2D eigenvalue weighted by atomic mass is 9.49. The third-order valence-electron chi connectivity index (χ3n) is 8.18. The number of hydrogen-bond donors (Lipinski definition) is 2. The molecule has 0 atom stereocenters. The molecule has 4 fully saturated rings. The zero-order valence-corrected chi connectivity index (χ0v) is 18.7. The molecule has 5 aliphatic carbocycles. The number of hydrogen-bond acceptors (Lipinski definition) is 3. The Labute approximate surface area is 187 Å². The van der Waals surface area contributed by atoms with E-state index in [0.29, 0.717) is 5.56 Å². The highest BCUT2D eigenvalue weighted by Gasteiger charge is 2.54. The van der Waals surface area contributed by atoms with Crippen molar-refractivity contribution in [1.82, 2.24) is 0 Å². The highest BCUT2D eigenvalue weighted by molar-refractivity contribution is 7.17. The molecule has 4 bridgehead atoms. The summed E-state index contributed by atoms with van der Waals surface area (Å²) < 4.78 is 0. The average molecular weight is 435 g/mol. The Bertz CT molecular complexity index is 990. The Balaban J connectivity index is 1.30. The van der Waals surface area contributed by atoms with Crippen LogP contribution >= 0.6 is 11.3 Å². The molecule has 0 aliphatic heterocycles. The molecule has 162 valence electrons. The fraction of sp³-hybridized carbons (Fsp3) is 0.538. The van der Waals surface area contributed by atoms with Crippen LogP contribution in [0.5, 0.6) is 0 Å². The third-order valence-corrected chi connectivity index (χ3v) is 9.38. The summed E-state index contributed by atoms with van der Waals surface area (Å²) >= 11 is 1.64. The second-order valence-electron chi connectivity index (χ2n) is 10.4. The molecule has 4 nitrogen and oxygen atoms in total. The van der Waals surface area contributed by atoms with Gasteiger partial charge in [-0.3, -0.25) is 9.59 Å². The molecule has 5 aliphatic rings. The number of anilines is 2. The third kappa shape index (κ3) is 3.42. The SMILES string of the molecule is O=C(Nc1ccccc1)c1c(NC(=O)C23CC4CC(CC(C4)C2)C3)sc2c1CCCC2. The summed E-state index contributed by atoms with van der Waals surface area (Å²) in [7, 11) is 0. The predicted octanol–water partition coefficient (Wildman–Crippen LogP) is 6.03. The van der Waals surface area contributed by atoms with Crippen molar-refractivity contribution in [2.45, 2.75) is 64.2 Å². The first-order valence-electron chi connectivity index (χ1n) is 11.9. The van der Waals surface area contributed by atoms with Crippen LogP contribution in [0.25, 0.3) is 0 Å². The summed E-state index contributed by atoms with van der Waals surface area (Å²) in [5, 5.41) is 7.15. The Kier molecular flexibility index (Phi) is 4.71. The van der Waals surface area contributed by atoms with Crippen molar-refractivity contribution in [3.8, 4) is 0 Å². The minimum absolute atomic E-state index is 0.0913. The van der Waals surface area contributed by atoms with Crippen molar-refractivity contribution < 1.29 is 9.59 Å². The van der Waals surface area contributed by atoms with Gasteiger partial charge in [-0.25, -0.2) is 0 Å². The maximum Gasteiger partial charge on any atom is 0.258 e. The zero-order chi connectivity index (χ0) is 21.0. The first kappa shape index (κ1) is 19.5. The number of aryl methyl sites for hydroxylation is 1. The average Bonchev–Trinajstić information content (AvgIpc) is 3.11. The van der Waals surface area contributed by atoms with Crippen molar-refractivity contribution in [3.63, 3.8) is 0 Å². The van der Waals surface area contributed by atoms with Crippen LogP contribution in [0.2, 0.25) is 0 Å². The molecule has 2 N–H and O–H groups in total. The van der Waals surface area contributed by atoms with E-state index in [2.05, 4.69) is 10.6 Å². The molecule has 0 radical (unpaired) electrons. The summed E-state index contributed by atoms with van der Waals surface area (Å²) in [6, 6.07) is 9.61. The normalized spacial score (nSPS) is 30.6. The molecule has 2 amide bonds. The smallest absolute Gasteiger partial charge is 0.258 e. The van der Waals surface area contributed by atoms with E-state index in [-0.39, 0.29) is 17.2 Å². The van der Waals surface area contributed by atoms with Crippen molar-refractivity contribution >= 4 is 33.8 Å². The fourth-order valence-electron chi connectivity index (χ4n) is 7.23. The lowest BCUT2D eigenvalue weighted by molar-refractivity contribution is -0.140. The second-order valence-corrected chi connectivity index (χ2v) is 11.5. The molecule has 0 spiro atoms. The van der Waals surface area contributed by atoms with Crippen molar-refractivity contribution in [1.29, 1.82) is 0 Å². The van der Waals surface area contributed by atoms with E-state index >= 15 is 0 Å². The number of rotatable bonds is 4. The number of thiophene rings is 1. The first-order valence-corrected chi connectivity index (χ1v) is 12.7. The van der Waals surface area contributed by atoms with Gasteiger partial charge < -0.3 is 10.6 Å². The van der Waals surface area contributed by atoms with Crippen LogP contribution in [0.1, 0.15) is 72.2 Å². The molecule has 1 aromatic heterocycles. The second kappa shape index (κ2) is 7.47. The molecular weight excluding hydrogens is 404 g/mol. The number of para-hydroxylation sites is 1. The number of amides is 2. The monoisotopic (exact) mass is 434 g/mol. The molecule has 0 unspecified atom stereocenters. The number of carbonyl (C=O) groups is 2. The number of nitrogens with one attached hydrogen (secondary N) is 2. The van der Waals surface area contributed by atoms with E-state index in [9.17, 15) is 9.59 Å². The topological polar surface area (TPSA) is 58.2 Å². The van der Waals surface area contributed by atoms with Gasteiger partial charge in [0.05, 0.1) is 11.0 Å². The number of carbonyl (C=O) groups excluding carboxylic acids is 2. The molecule has 4 saturated carbocycles. The summed E-state index contributed by atoms with van der Waals surface area (Å²) in [5.41, 5.74) is 2.46. The lowest BCUT2D eigenvalue weighted by Gasteiger charge is -2.55. The molecule has 0 saturated heterocycles. The van der Waals surface area contributed by atoms with Gasteiger partial charge in [-0.2, -0.15) is 0 Å². The number of benzene rings is 1. The van der Waals surface area contributed by atoms with Crippen LogP contribution in [-0.2, 0) is 17.6 Å². The van der Waals surface area contributed by atoms with Gasteiger partial charge in [0.2, 0.25) is 5.91 Å².